The van der Waals surface area contributed by atoms with E-state index in [0.29, 0.717) is 17.9 Å². The van der Waals surface area contributed by atoms with Crippen molar-refractivity contribution in [3.05, 3.63) is 0 Å². The van der Waals surface area contributed by atoms with E-state index in [0.717, 1.165) is 19.7 Å². The van der Waals surface area contributed by atoms with Crippen LogP contribution in [-0.2, 0) is 4.74 Å². The summed E-state index contributed by atoms with van der Waals surface area (Å²) in [6.45, 7) is 28.1. The number of rotatable bonds is 13. The Hall–Kier alpha value is -0.120. The highest BCUT2D eigenvalue weighted by Gasteiger charge is 2.26. The molecule has 0 aromatic carbocycles. The summed E-state index contributed by atoms with van der Waals surface area (Å²) in [4.78, 5) is 0. The number of hydrogen-bond acceptors (Lipinski definition) is 3. The highest BCUT2D eigenvalue weighted by atomic mass is 16.5. The third kappa shape index (κ3) is 15.0. The van der Waals surface area contributed by atoms with Gasteiger partial charge in [-0.15, -0.1) is 0 Å². The van der Waals surface area contributed by atoms with Gasteiger partial charge in [-0.2, -0.15) is 0 Å². The molecule has 0 radical (unpaired) electrons. The molecule has 0 aliphatic heterocycles. The maximum Gasteiger partial charge on any atom is 0.0519 e. The Kier molecular flexibility index (Phi) is 11.0. The third-order valence-corrected chi connectivity index (χ3v) is 4.81. The van der Waals surface area contributed by atoms with Crippen molar-refractivity contribution in [2.45, 2.75) is 113 Å². The average molecular weight is 371 g/mol. The summed E-state index contributed by atoms with van der Waals surface area (Å²) in [6, 6.07) is 0. The summed E-state index contributed by atoms with van der Waals surface area (Å²) >= 11 is 0. The fourth-order valence-electron chi connectivity index (χ4n) is 3.65. The van der Waals surface area contributed by atoms with E-state index in [1.807, 2.05) is 0 Å². The number of ether oxygens (including phenoxy) is 1. The Morgan fingerprint density at radius 2 is 1.35 bits per heavy atom. The van der Waals surface area contributed by atoms with Crippen LogP contribution in [0, 0.1) is 17.3 Å². The molecule has 2 atom stereocenters. The van der Waals surface area contributed by atoms with Gasteiger partial charge in [-0.1, -0.05) is 27.7 Å². The van der Waals surface area contributed by atoms with E-state index in [4.69, 9.17) is 4.74 Å². The van der Waals surface area contributed by atoms with E-state index in [-0.39, 0.29) is 16.5 Å². The molecule has 3 nitrogen and oxygen atoms in total. The number of nitrogens with one attached hydrogen (secondary N) is 2. The van der Waals surface area contributed by atoms with Crippen LogP contribution in [0.15, 0.2) is 0 Å². The van der Waals surface area contributed by atoms with E-state index in [1.165, 1.54) is 19.3 Å². The lowest BCUT2D eigenvalue weighted by atomic mass is 9.82. The second-order valence-corrected chi connectivity index (χ2v) is 11.4. The van der Waals surface area contributed by atoms with Gasteiger partial charge in [0.15, 0.2) is 0 Å². The van der Waals surface area contributed by atoms with Gasteiger partial charge in [-0.3, -0.25) is 0 Å². The Balaban J connectivity index is 4.26. The van der Waals surface area contributed by atoms with Crippen LogP contribution < -0.4 is 10.6 Å². The third-order valence-electron chi connectivity index (χ3n) is 4.81. The molecule has 3 heteroatoms. The van der Waals surface area contributed by atoms with E-state index in [1.54, 1.807) is 0 Å². The minimum absolute atomic E-state index is 0.177. The van der Waals surface area contributed by atoms with Gasteiger partial charge in [0.1, 0.15) is 0 Å². The first-order valence-electron chi connectivity index (χ1n) is 10.7. The summed E-state index contributed by atoms with van der Waals surface area (Å²) in [6.07, 6.45) is 3.95. The van der Waals surface area contributed by atoms with Crippen LogP contribution in [0.1, 0.15) is 95.4 Å². The predicted molar refractivity (Wildman–Crippen MR) is 117 cm³/mol. The largest absolute Gasteiger partial charge is 0.379 e. The van der Waals surface area contributed by atoms with Crippen molar-refractivity contribution in [2.75, 3.05) is 19.7 Å². The van der Waals surface area contributed by atoms with Gasteiger partial charge in [-0.05, 0) is 91.5 Å². The molecule has 0 aromatic heterocycles. The van der Waals surface area contributed by atoms with Crippen LogP contribution in [0.3, 0.4) is 0 Å². The highest BCUT2D eigenvalue weighted by molar-refractivity contribution is 4.84. The molecule has 0 heterocycles. The van der Waals surface area contributed by atoms with E-state index < -0.39 is 0 Å². The molecule has 2 unspecified atom stereocenters. The fourth-order valence-corrected chi connectivity index (χ4v) is 3.65. The zero-order valence-electron chi connectivity index (χ0n) is 19.9. The minimum Gasteiger partial charge on any atom is -0.379 e. The van der Waals surface area contributed by atoms with Crippen molar-refractivity contribution in [3.8, 4) is 0 Å². The van der Waals surface area contributed by atoms with Crippen LogP contribution in [0.2, 0.25) is 0 Å². The summed E-state index contributed by atoms with van der Waals surface area (Å²) < 4.78 is 5.78. The van der Waals surface area contributed by atoms with E-state index >= 15 is 0 Å². The molecule has 0 aliphatic carbocycles. The maximum atomic E-state index is 5.78. The molecule has 0 spiro atoms. The average Bonchev–Trinajstić information content (AvgIpc) is 2.41. The van der Waals surface area contributed by atoms with Gasteiger partial charge in [-0.25, -0.2) is 0 Å². The van der Waals surface area contributed by atoms with Gasteiger partial charge in [0.05, 0.1) is 6.10 Å². The fraction of sp³-hybridized carbons (Fsp3) is 1.00. The van der Waals surface area contributed by atoms with Gasteiger partial charge in [0.2, 0.25) is 0 Å². The van der Waals surface area contributed by atoms with Gasteiger partial charge in [0.25, 0.3) is 0 Å². The van der Waals surface area contributed by atoms with Gasteiger partial charge < -0.3 is 15.4 Å². The molecule has 0 saturated carbocycles. The van der Waals surface area contributed by atoms with Crippen LogP contribution in [-0.4, -0.2) is 36.9 Å². The van der Waals surface area contributed by atoms with Crippen molar-refractivity contribution in [1.29, 1.82) is 0 Å². The summed E-state index contributed by atoms with van der Waals surface area (Å²) in [5.74, 6) is 1.31. The smallest absolute Gasteiger partial charge is 0.0519 e. The van der Waals surface area contributed by atoms with Crippen molar-refractivity contribution in [3.63, 3.8) is 0 Å². The second-order valence-electron chi connectivity index (χ2n) is 11.4. The predicted octanol–water partition coefficient (Wildman–Crippen LogP) is 5.64. The Bertz CT molecular complexity index is 369. The van der Waals surface area contributed by atoms with Crippen molar-refractivity contribution in [2.24, 2.45) is 17.3 Å². The molecule has 2 N–H and O–H groups in total. The molecular formula is C23H50N2O. The zero-order chi connectivity index (χ0) is 20.6. The normalized spacial score (nSPS) is 16.2. The Morgan fingerprint density at radius 3 is 1.85 bits per heavy atom. The zero-order valence-corrected chi connectivity index (χ0v) is 19.9. The molecule has 0 fully saturated rings. The molecule has 0 saturated heterocycles. The second kappa shape index (κ2) is 11.0. The topological polar surface area (TPSA) is 33.3 Å². The lowest BCUT2D eigenvalue weighted by Crippen LogP contribution is -2.46. The summed E-state index contributed by atoms with van der Waals surface area (Å²) in [7, 11) is 0. The monoisotopic (exact) mass is 370 g/mol. The summed E-state index contributed by atoms with van der Waals surface area (Å²) in [5.41, 5.74) is 0.678. The van der Waals surface area contributed by atoms with E-state index in [9.17, 15) is 0 Å². The maximum absolute atomic E-state index is 5.78. The van der Waals surface area contributed by atoms with Crippen LogP contribution in [0.25, 0.3) is 0 Å². The lowest BCUT2D eigenvalue weighted by molar-refractivity contribution is 0.0428. The van der Waals surface area contributed by atoms with Gasteiger partial charge >= 0.3 is 0 Å². The number of hydrogen-bond donors (Lipinski definition) is 2. The standard InChI is InChI=1S/C23H50N2O/c1-18(2)26-16-20(4)14-22(8,9)17-25-23(10,11)15-19(3)12-13-24-21(5,6)7/h18-20,24-25H,12-17H2,1-11H3. The lowest BCUT2D eigenvalue weighted by Gasteiger charge is -2.36. The molecule has 0 aliphatic rings. The molecule has 26 heavy (non-hydrogen) atoms. The Labute approximate surface area is 165 Å². The molecule has 0 bridgehead atoms. The quantitative estimate of drug-likeness (QED) is 0.440. The first kappa shape index (κ1) is 25.9. The highest BCUT2D eigenvalue weighted by Crippen LogP contribution is 2.27. The van der Waals surface area contributed by atoms with Crippen molar-refractivity contribution in [1.82, 2.24) is 10.6 Å². The molecule has 0 aromatic rings. The van der Waals surface area contributed by atoms with Crippen molar-refractivity contribution < 1.29 is 4.74 Å². The molecule has 0 amide bonds. The van der Waals surface area contributed by atoms with E-state index in [2.05, 4.69) is 86.8 Å². The minimum atomic E-state index is 0.177. The van der Waals surface area contributed by atoms with Crippen LogP contribution in [0.5, 0.6) is 0 Å². The first-order valence-corrected chi connectivity index (χ1v) is 10.7. The van der Waals surface area contributed by atoms with Gasteiger partial charge in [0, 0.05) is 24.2 Å². The molecular weight excluding hydrogens is 320 g/mol. The first-order chi connectivity index (χ1) is 11.6. The van der Waals surface area contributed by atoms with Crippen LogP contribution >= 0.6 is 0 Å². The molecule has 158 valence electrons. The summed E-state index contributed by atoms with van der Waals surface area (Å²) in [5, 5.41) is 7.45. The SMILES string of the molecule is CC(COC(C)C)CC(C)(C)CNC(C)(C)CC(C)CCNC(C)(C)C. The van der Waals surface area contributed by atoms with Crippen LogP contribution in [0.4, 0.5) is 0 Å². The molecule has 0 rings (SSSR count). The Morgan fingerprint density at radius 1 is 0.769 bits per heavy atom. The van der Waals surface area contributed by atoms with Crippen molar-refractivity contribution >= 4 is 0 Å².